The van der Waals surface area contributed by atoms with Crippen molar-refractivity contribution in [2.45, 2.75) is 60.1 Å². The minimum absolute atomic E-state index is 0.0351. The van der Waals surface area contributed by atoms with E-state index in [1.807, 2.05) is 49.1 Å². The van der Waals surface area contributed by atoms with Gasteiger partial charge in [-0.3, -0.25) is 19.3 Å². The zero-order valence-electron chi connectivity index (χ0n) is 27.1. The largest absolute Gasteiger partial charge is 0.394 e. The van der Waals surface area contributed by atoms with Crippen LogP contribution in [0.15, 0.2) is 55.6 Å². The van der Waals surface area contributed by atoms with Gasteiger partial charge >= 0.3 is 0 Å². The van der Waals surface area contributed by atoms with E-state index < -0.39 is 28.7 Å². The molecule has 0 saturated carbocycles. The summed E-state index contributed by atoms with van der Waals surface area (Å²) in [6, 6.07) is 8.51. The lowest BCUT2D eigenvalue weighted by Crippen LogP contribution is -2.59. The lowest BCUT2D eigenvalue weighted by molar-refractivity contribution is -0.148. The Bertz CT molecular complexity index is 1260. The number of morpholine rings is 1. The highest BCUT2D eigenvalue weighted by Crippen LogP contribution is 2.68. The molecule has 11 heteroatoms. The van der Waals surface area contributed by atoms with Gasteiger partial charge < -0.3 is 24.5 Å². The van der Waals surface area contributed by atoms with Crippen molar-refractivity contribution in [2.24, 2.45) is 17.8 Å². The van der Waals surface area contributed by atoms with Gasteiger partial charge in [-0.05, 0) is 17.9 Å². The summed E-state index contributed by atoms with van der Waals surface area (Å²) in [4.78, 5) is 51.9. The van der Waals surface area contributed by atoms with Crippen molar-refractivity contribution >= 4 is 45.4 Å². The normalized spacial score (nSPS) is 30.1. The zero-order chi connectivity index (χ0) is 33.0. The van der Waals surface area contributed by atoms with E-state index in [9.17, 15) is 19.5 Å². The maximum Gasteiger partial charge on any atom is 0.247 e. The highest BCUT2D eigenvalue weighted by Gasteiger charge is 2.76. The summed E-state index contributed by atoms with van der Waals surface area (Å²) in [5.41, 5.74) is 1.00. The summed E-state index contributed by atoms with van der Waals surface area (Å²) in [5, 5.41) is 10.6. The molecule has 4 saturated heterocycles. The lowest BCUT2D eigenvalue weighted by atomic mass is 9.70. The molecule has 2 bridgehead atoms. The number of carbonyl (C=O) groups is 3. The molecule has 1 spiro atoms. The first-order valence-electron chi connectivity index (χ1n) is 16.6. The number of nitrogens with zero attached hydrogens (tertiary/aromatic N) is 4. The van der Waals surface area contributed by atoms with Crippen molar-refractivity contribution in [1.29, 1.82) is 0 Å². The number of hydrogen-bond acceptors (Lipinski definition) is 7. The summed E-state index contributed by atoms with van der Waals surface area (Å²) >= 11 is 5.55. The zero-order valence-corrected chi connectivity index (χ0v) is 29.5. The molecule has 4 aliphatic rings. The Balaban J connectivity index is 1.52. The van der Waals surface area contributed by atoms with Crippen molar-refractivity contribution in [3.05, 3.63) is 61.2 Å². The highest BCUT2D eigenvalue weighted by atomic mass is 79.9. The van der Waals surface area contributed by atoms with E-state index in [0.717, 1.165) is 25.1 Å². The standard InChI is InChI=1S/C35H49BrN4O5S/c1-5-13-38(16-15-37-17-19-45-20-18-37)34(44)31-35-21-26(36)30(46-35)28(29(35)33(43)40(31)27(23-41)24(4)7-3)32(42)39(14-6-2)22-25-11-9-8-10-12-25/h5-6,8-12,24,26-31,41H,1-2,7,13-23H2,3-4H3/t24-,26?,27-,28-,29-,30-,31?,35?/m0/s1. The number of aliphatic hydroxyl groups excluding tert-OH is 1. The van der Waals surface area contributed by atoms with Crippen LogP contribution < -0.4 is 0 Å². The van der Waals surface area contributed by atoms with Gasteiger partial charge in [0.25, 0.3) is 0 Å². The predicted octanol–water partition coefficient (Wildman–Crippen LogP) is 3.42. The molecule has 9 nitrogen and oxygen atoms in total. The van der Waals surface area contributed by atoms with Crippen molar-refractivity contribution in [2.75, 3.05) is 59.1 Å². The minimum atomic E-state index is -0.796. The second-order valence-electron chi connectivity index (χ2n) is 13.1. The Labute approximate surface area is 286 Å². The number of alkyl halides is 1. The molecule has 1 aromatic carbocycles. The molecule has 1 aromatic rings. The van der Waals surface area contributed by atoms with Gasteiger partial charge in [-0.25, -0.2) is 0 Å². The van der Waals surface area contributed by atoms with Crippen molar-refractivity contribution in [1.82, 2.24) is 19.6 Å². The van der Waals surface area contributed by atoms with Gasteiger partial charge in [0.1, 0.15) is 6.04 Å². The number of rotatable bonds is 15. The molecule has 4 aliphatic heterocycles. The summed E-state index contributed by atoms with van der Waals surface area (Å²) in [7, 11) is 0. The third-order valence-corrected chi connectivity index (χ3v) is 13.6. The van der Waals surface area contributed by atoms with Crippen LogP contribution in [0.5, 0.6) is 0 Å². The number of halogens is 1. The van der Waals surface area contributed by atoms with Crippen LogP contribution in [0, 0.1) is 17.8 Å². The molecular formula is C35H49BrN4O5S. The van der Waals surface area contributed by atoms with E-state index in [1.165, 1.54) is 0 Å². The first-order valence-corrected chi connectivity index (χ1v) is 18.4. The number of fused-ring (bicyclic) bond motifs is 1. The number of benzene rings is 1. The third-order valence-electron chi connectivity index (χ3n) is 10.4. The van der Waals surface area contributed by atoms with Crippen molar-refractivity contribution < 1.29 is 24.2 Å². The molecule has 3 amide bonds. The van der Waals surface area contributed by atoms with Crippen molar-refractivity contribution in [3.63, 3.8) is 0 Å². The quantitative estimate of drug-likeness (QED) is 0.220. The summed E-state index contributed by atoms with van der Waals surface area (Å²) in [6.07, 6.45) is 4.80. The van der Waals surface area contributed by atoms with E-state index in [0.29, 0.717) is 52.4 Å². The fourth-order valence-electron chi connectivity index (χ4n) is 7.91. The van der Waals surface area contributed by atoms with Crippen LogP contribution in [0.25, 0.3) is 0 Å². The van der Waals surface area contributed by atoms with Crippen LogP contribution in [-0.2, 0) is 25.7 Å². The van der Waals surface area contributed by atoms with Crippen LogP contribution in [0.1, 0.15) is 32.3 Å². The third kappa shape index (κ3) is 6.59. The van der Waals surface area contributed by atoms with Gasteiger partial charge in [-0.1, -0.05) is 78.7 Å². The average Bonchev–Trinajstić information content (AvgIpc) is 3.66. The molecular weight excluding hydrogens is 668 g/mol. The van der Waals surface area contributed by atoms with Crippen LogP contribution in [0.3, 0.4) is 0 Å². The Morgan fingerprint density at radius 3 is 2.46 bits per heavy atom. The lowest BCUT2D eigenvalue weighted by Gasteiger charge is -2.41. The maximum absolute atomic E-state index is 14.9. The molecule has 252 valence electrons. The molecule has 3 unspecified atom stereocenters. The predicted molar refractivity (Wildman–Crippen MR) is 185 cm³/mol. The Hall–Kier alpha value is -2.18. The first kappa shape index (κ1) is 35.1. The van der Waals surface area contributed by atoms with Gasteiger partial charge in [0.2, 0.25) is 17.7 Å². The summed E-state index contributed by atoms with van der Waals surface area (Å²) < 4.78 is 4.72. The van der Waals surface area contributed by atoms with Gasteiger partial charge in [-0.15, -0.1) is 24.9 Å². The first-order chi connectivity index (χ1) is 22.2. The Morgan fingerprint density at radius 1 is 1.15 bits per heavy atom. The van der Waals surface area contributed by atoms with Gasteiger partial charge in [0.15, 0.2) is 0 Å². The molecule has 46 heavy (non-hydrogen) atoms. The minimum Gasteiger partial charge on any atom is -0.394 e. The summed E-state index contributed by atoms with van der Waals surface area (Å²) in [6.45, 7) is 17.0. The number of amides is 3. The molecule has 8 atom stereocenters. The number of aliphatic hydroxyl groups is 1. The monoisotopic (exact) mass is 716 g/mol. The number of ether oxygens (including phenoxy) is 1. The van der Waals surface area contributed by atoms with Gasteiger partial charge in [0.05, 0.1) is 42.4 Å². The molecule has 4 heterocycles. The molecule has 0 aromatic heterocycles. The van der Waals surface area contributed by atoms with Crippen LogP contribution in [0.2, 0.25) is 0 Å². The fraction of sp³-hybridized carbons (Fsp3) is 0.629. The Morgan fingerprint density at radius 2 is 1.83 bits per heavy atom. The fourth-order valence-corrected chi connectivity index (χ4v) is 11.5. The number of carbonyl (C=O) groups excluding carboxylic acids is 3. The number of likely N-dealkylation sites (tertiary alicyclic amines) is 1. The van der Waals surface area contributed by atoms with E-state index in [4.69, 9.17) is 4.74 Å². The van der Waals surface area contributed by atoms with Crippen molar-refractivity contribution in [3.8, 4) is 0 Å². The van der Waals surface area contributed by atoms with E-state index in [-0.39, 0.29) is 40.3 Å². The molecule has 0 radical (unpaired) electrons. The highest BCUT2D eigenvalue weighted by molar-refractivity contribution is 9.09. The average molecular weight is 718 g/mol. The smallest absolute Gasteiger partial charge is 0.247 e. The topological polar surface area (TPSA) is 93.6 Å². The van der Waals surface area contributed by atoms with E-state index in [1.54, 1.807) is 33.7 Å². The van der Waals surface area contributed by atoms with E-state index in [2.05, 4.69) is 34.0 Å². The molecule has 4 fully saturated rings. The van der Waals surface area contributed by atoms with Crippen LogP contribution >= 0.6 is 27.7 Å². The van der Waals surface area contributed by atoms with Gasteiger partial charge in [0, 0.05) is 55.9 Å². The van der Waals surface area contributed by atoms with E-state index >= 15 is 0 Å². The number of hydrogen-bond donors (Lipinski definition) is 1. The molecule has 1 N–H and O–H groups in total. The second-order valence-corrected chi connectivity index (χ2v) is 15.8. The second kappa shape index (κ2) is 15.4. The molecule has 5 rings (SSSR count). The van der Waals surface area contributed by atoms with Gasteiger partial charge in [-0.2, -0.15) is 0 Å². The maximum atomic E-state index is 14.9. The molecule has 0 aliphatic carbocycles. The number of thioether (sulfide) groups is 1. The SMILES string of the molecule is C=CCN(CCN1CCOCC1)C(=O)C1N([C@@H](CO)[C@@H](C)CC)C(=O)[C@@H]2[C@H](C(=O)N(CC=C)Cc3ccccc3)[C@H]3SC12CC3Br. The Kier molecular flexibility index (Phi) is 11.7. The van der Waals surface area contributed by atoms with Crippen LogP contribution in [-0.4, -0.2) is 128 Å². The summed E-state index contributed by atoms with van der Waals surface area (Å²) in [5.74, 6) is -1.69. The van der Waals surface area contributed by atoms with Crippen LogP contribution in [0.4, 0.5) is 0 Å².